The first-order valence-corrected chi connectivity index (χ1v) is 10.7. The molecule has 0 aliphatic carbocycles. The number of nitrogens with zero attached hydrogens (tertiary/aromatic N) is 2. The van der Waals surface area contributed by atoms with Crippen molar-refractivity contribution < 1.29 is 28.6 Å². The summed E-state index contributed by atoms with van der Waals surface area (Å²) in [5, 5.41) is 10.9. The normalized spacial score (nSPS) is 15.7. The molecule has 0 bridgehead atoms. The fourth-order valence-electron chi connectivity index (χ4n) is 2.53. The van der Waals surface area contributed by atoms with Crippen molar-refractivity contribution in [1.29, 1.82) is 0 Å². The third-order valence-corrected chi connectivity index (χ3v) is 5.25. The molecule has 1 fully saturated rings. The molecule has 33 heavy (non-hydrogen) atoms. The molecule has 1 aliphatic heterocycles. The quantitative estimate of drug-likeness (QED) is 0.209. The monoisotopic (exact) mass is 487 g/mol. The molecule has 2 aromatic carbocycles. The minimum Gasteiger partial charge on any atom is -0.490 e. The van der Waals surface area contributed by atoms with E-state index in [-0.39, 0.29) is 26.4 Å². The Morgan fingerprint density at radius 3 is 2.70 bits per heavy atom. The van der Waals surface area contributed by atoms with Crippen LogP contribution in [0.5, 0.6) is 11.5 Å². The molecule has 1 N–H and O–H groups in total. The molecule has 1 amide bonds. The van der Waals surface area contributed by atoms with E-state index >= 15 is 0 Å². The smallest absolute Gasteiger partial charge is 0.345 e. The average Bonchev–Trinajstić information content (AvgIpc) is 3.14. The maximum Gasteiger partial charge on any atom is 0.345 e. The Balaban J connectivity index is 1.73. The second-order valence-corrected chi connectivity index (χ2v) is 7.68. The van der Waals surface area contributed by atoms with Crippen molar-refractivity contribution in [3.05, 3.63) is 69.6 Å². The minimum atomic E-state index is -0.642. The standard InChI is InChI=1S/C22H18ClN3O6S/c1-3-31-17-10-13(8-9-16(17)32-21(29)14-6-4-5-7-15(14)23)12-24-26-22-25-20(28)18(33-22)11-19(27)30-2/h4-12H,3H2,1-2H3,(H,25,26,28)/b18-11+,24-12?. The number of hydrogen-bond acceptors (Lipinski definition) is 9. The van der Waals surface area contributed by atoms with Gasteiger partial charge < -0.3 is 14.2 Å². The number of hydrogen-bond donors (Lipinski definition) is 1. The number of rotatable bonds is 7. The maximum absolute atomic E-state index is 12.5. The highest BCUT2D eigenvalue weighted by Gasteiger charge is 2.25. The highest BCUT2D eigenvalue weighted by atomic mass is 35.5. The van der Waals surface area contributed by atoms with E-state index in [9.17, 15) is 14.4 Å². The molecule has 1 heterocycles. The molecule has 0 atom stereocenters. The predicted octanol–water partition coefficient (Wildman–Crippen LogP) is 3.57. The zero-order chi connectivity index (χ0) is 23.8. The number of carbonyl (C=O) groups excluding carboxylic acids is 3. The molecular formula is C22H18ClN3O6S. The van der Waals surface area contributed by atoms with E-state index in [1.165, 1.54) is 13.3 Å². The van der Waals surface area contributed by atoms with Crippen LogP contribution in [0.25, 0.3) is 0 Å². The maximum atomic E-state index is 12.5. The Morgan fingerprint density at radius 2 is 1.97 bits per heavy atom. The largest absolute Gasteiger partial charge is 0.490 e. The van der Waals surface area contributed by atoms with Gasteiger partial charge in [0.15, 0.2) is 16.7 Å². The van der Waals surface area contributed by atoms with E-state index < -0.39 is 17.8 Å². The van der Waals surface area contributed by atoms with Gasteiger partial charge in [-0.05, 0) is 54.6 Å². The number of esters is 2. The van der Waals surface area contributed by atoms with Crippen LogP contribution >= 0.6 is 23.4 Å². The molecular weight excluding hydrogens is 470 g/mol. The van der Waals surface area contributed by atoms with Crippen LogP contribution < -0.4 is 14.8 Å². The number of thioether (sulfide) groups is 1. The van der Waals surface area contributed by atoms with Crippen molar-refractivity contribution in [2.75, 3.05) is 13.7 Å². The molecule has 0 saturated carbocycles. The predicted molar refractivity (Wildman–Crippen MR) is 125 cm³/mol. The summed E-state index contributed by atoms with van der Waals surface area (Å²) in [6, 6.07) is 11.4. The summed E-state index contributed by atoms with van der Waals surface area (Å²) in [5.41, 5.74) is 0.847. The van der Waals surface area contributed by atoms with Gasteiger partial charge in [0, 0.05) is 6.08 Å². The average molecular weight is 488 g/mol. The lowest BCUT2D eigenvalue weighted by Gasteiger charge is -2.11. The summed E-state index contributed by atoms with van der Waals surface area (Å²) in [7, 11) is 1.22. The SMILES string of the molecule is CCOc1cc(C=N/N=C2/NC(=O)/C(=C\C(=O)OC)S2)ccc1OC(=O)c1ccccc1Cl. The zero-order valence-electron chi connectivity index (χ0n) is 17.5. The van der Waals surface area contributed by atoms with Crippen LogP contribution in [0, 0.1) is 0 Å². The summed E-state index contributed by atoms with van der Waals surface area (Å²) in [5.74, 6) is -1.17. The van der Waals surface area contributed by atoms with Gasteiger partial charge in [-0.1, -0.05) is 23.7 Å². The van der Waals surface area contributed by atoms with E-state index in [2.05, 4.69) is 20.3 Å². The van der Waals surface area contributed by atoms with Gasteiger partial charge in [-0.25, -0.2) is 9.59 Å². The van der Waals surface area contributed by atoms with Gasteiger partial charge in [0.1, 0.15) is 0 Å². The molecule has 3 rings (SSSR count). The molecule has 2 aromatic rings. The number of benzene rings is 2. The molecule has 0 radical (unpaired) electrons. The molecule has 9 nitrogen and oxygen atoms in total. The van der Waals surface area contributed by atoms with Gasteiger partial charge in [-0.2, -0.15) is 5.10 Å². The van der Waals surface area contributed by atoms with E-state index in [0.29, 0.717) is 17.9 Å². The van der Waals surface area contributed by atoms with Gasteiger partial charge in [0.25, 0.3) is 5.91 Å². The first-order chi connectivity index (χ1) is 15.9. The van der Waals surface area contributed by atoms with Crippen LogP contribution in [0.15, 0.2) is 63.6 Å². The van der Waals surface area contributed by atoms with Crippen LogP contribution in [0.1, 0.15) is 22.8 Å². The van der Waals surface area contributed by atoms with Crippen molar-refractivity contribution in [1.82, 2.24) is 5.32 Å². The van der Waals surface area contributed by atoms with Gasteiger partial charge in [0.2, 0.25) is 0 Å². The van der Waals surface area contributed by atoms with Gasteiger partial charge in [-0.3, -0.25) is 10.1 Å². The van der Waals surface area contributed by atoms with Crippen LogP contribution in [0.3, 0.4) is 0 Å². The van der Waals surface area contributed by atoms with E-state index in [0.717, 1.165) is 17.8 Å². The Hall–Kier alpha value is -3.63. The van der Waals surface area contributed by atoms with Crippen LogP contribution in [0.4, 0.5) is 0 Å². The van der Waals surface area contributed by atoms with Crippen molar-refractivity contribution >= 4 is 52.6 Å². The Bertz CT molecular complexity index is 1180. The highest BCUT2D eigenvalue weighted by molar-refractivity contribution is 8.18. The molecule has 0 aromatic heterocycles. The number of carbonyl (C=O) groups is 3. The molecule has 1 saturated heterocycles. The Kier molecular flexibility index (Phi) is 8.22. The molecule has 0 unspecified atom stereocenters. The minimum absolute atomic E-state index is 0.152. The lowest BCUT2D eigenvalue weighted by molar-refractivity contribution is -0.135. The molecule has 1 aliphatic rings. The Labute approximate surface area is 198 Å². The van der Waals surface area contributed by atoms with Crippen molar-refractivity contribution in [2.24, 2.45) is 10.2 Å². The fourth-order valence-corrected chi connectivity index (χ4v) is 3.48. The van der Waals surface area contributed by atoms with E-state index in [1.54, 1.807) is 49.4 Å². The Morgan fingerprint density at radius 1 is 1.18 bits per heavy atom. The van der Waals surface area contributed by atoms with Crippen molar-refractivity contribution in [3.63, 3.8) is 0 Å². The third-order valence-electron chi connectivity index (χ3n) is 4.02. The molecule has 11 heteroatoms. The van der Waals surface area contributed by atoms with Crippen molar-refractivity contribution in [2.45, 2.75) is 6.92 Å². The highest BCUT2D eigenvalue weighted by Crippen LogP contribution is 2.30. The summed E-state index contributed by atoms with van der Waals surface area (Å²) in [6.07, 6.45) is 2.51. The van der Waals surface area contributed by atoms with Gasteiger partial charge in [0.05, 0.1) is 35.4 Å². The number of amidine groups is 1. The summed E-state index contributed by atoms with van der Waals surface area (Å²) >= 11 is 7.02. The number of methoxy groups -OCH3 is 1. The van der Waals surface area contributed by atoms with Crippen LogP contribution in [-0.4, -0.2) is 42.9 Å². The number of ether oxygens (including phenoxy) is 3. The van der Waals surface area contributed by atoms with Crippen LogP contribution in [-0.2, 0) is 14.3 Å². The summed E-state index contributed by atoms with van der Waals surface area (Å²) < 4.78 is 15.5. The first kappa shape index (κ1) is 24.0. The molecule has 0 spiro atoms. The van der Waals surface area contributed by atoms with Gasteiger partial charge in [-0.15, -0.1) is 5.10 Å². The first-order valence-electron chi connectivity index (χ1n) is 9.54. The summed E-state index contributed by atoms with van der Waals surface area (Å²) in [4.78, 5) is 35.7. The van der Waals surface area contributed by atoms with Crippen LogP contribution in [0.2, 0.25) is 5.02 Å². The second kappa shape index (κ2) is 11.3. The third kappa shape index (κ3) is 6.43. The van der Waals surface area contributed by atoms with E-state index in [4.69, 9.17) is 21.1 Å². The van der Waals surface area contributed by atoms with Crippen molar-refractivity contribution in [3.8, 4) is 11.5 Å². The number of halogens is 1. The number of amides is 1. The lowest BCUT2D eigenvalue weighted by Crippen LogP contribution is -2.19. The fraction of sp³-hybridized carbons (Fsp3) is 0.136. The molecule has 170 valence electrons. The lowest BCUT2D eigenvalue weighted by atomic mass is 10.2. The number of nitrogens with one attached hydrogen (secondary N) is 1. The zero-order valence-corrected chi connectivity index (χ0v) is 19.1. The van der Waals surface area contributed by atoms with Gasteiger partial charge >= 0.3 is 11.9 Å². The topological polar surface area (TPSA) is 116 Å². The summed E-state index contributed by atoms with van der Waals surface area (Å²) in [6.45, 7) is 2.14. The van der Waals surface area contributed by atoms with E-state index in [1.807, 2.05) is 0 Å². The second-order valence-electron chi connectivity index (χ2n) is 6.25.